The maximum Gasteiger partial charge on any atom is 0.264 e. The summed E-state index contributed by atoms with van der Waals surface area (Å²) < 4.78 is 27.1. The highest BCUT2D eigenvalue weighted by atomic mass is 19.1. The van der Waals surface area contributed by atoms with Gasteiger partial charge in [-0.25, -0.2) is 8.78 Å². The van der Waals surface area contributed by atoms with E-state index >= 15 is 0 Å². The van der Waals surface area contributed by atoms with Crippen LogP contribution in [0.4, 0.5) is 8.78 Å². The van der Waals surface area contributed by atoms with Crippen molar-refractivity contribution < 1.29 is 18.4 Å². The normalized spacial score (nSPS) is 16.3. The standard InChI is InChI=1S/C19H18F2N2O2/c1-2-12-5-3-4-6-13(12)11-22-19(24)18-10-17(23-25-18)15-9-14(20)7-8-16(15)21/h3-9,18H,2,10-11H2,1H3,(H,22,24)/t18-/m1/s1. The first-order valence-electron chi connectivity index (χ1n) is 8.11. The second-order valence-corrected chi connectivity index (χ2v) is 5.80. The number of nitrogens with zero attached hydrogens (tertiary/aromatic N) is 1. The average molecular weight is 344 g/mol. The minimum absolute atomic E-state index is 0.0200. The molecule has 0 radical (unpaired) electrons. The van der Waals surface area contributed by atoms with Crippen LogP contribution < -0.4 is 5.32 Å². The predicted octanol–water partition coefficient (Wildman–Crippen LogP) is 3.34. The zero-order chi connectivity index (χ0) is 17.8. The van der Waals surface area contributed by atoms with E-state index < -0.39 is 17.7 Å². The van der Waals surface area contributed by atoms with Crippen molar-refractivity contribution in [2.24, 2.45) is 5.16 Å². The lowest BCUT2D eigenvalue weighted by Gasteiger charge is -2.12. The van der Waals surface area contributed by atoms with Gasteiger partial charge >= 0.3 is 0 Å². The average Bonchev–Trinajstić information content (AvgIpc) is 3.12. The Balaban J connectivity index is 1.61. The number of rotatable bonds is 5. The fourth-order valence-electron chi connectivity index (χ4n) is 2.77. The molecule has 0 spiro atoms. The molecule has 0 bridgehead atoms. The van der Waals surface area contributed by atoms with Gasteiger partial charge in [0.05, 0.1) is 5.71 Å². The largest absolute Gasteiger partial charge is 0.382 e. The van der Waals surface area contributed by atoms with Crippen LogP contribution in [0, 0.1) is 11.6 Å². The van der Waals surface area contributed by atoms with Gasteiger partial charge in [-0.1, -0.05) is 36.3 Å². The van der Waals surface area contributed by atoms with Crippen LogP contribution in [0.5, 0.6) is 0 Å². The molecule has 25 heavy (non-hydrogen) atoms. The van der Waals surface area contributed by atoms with Crippen molar-refractivity contribution in [1.29, 1.82) is 0 Å². The molecule has 1 aliphatic rings. The summed E-state index contributed by atoms with van der Waals surface area (Å²) in [5.74, 6) is -1.49. The van der Waals surface area contributed by atoms with Crippen LogP contribution in [0.2, 0.25) is 0 Å². The third kappa shape index (κ3) is 3.84. The molecule has 4 nitrogen and oxygen atoms in total. The minimum Gasteiger partial charge on any atom is -0.382 e. The third-order valence-electron chi connectivity index (χ3n) is 4.15. The van der Waals surface area contributed by atoms with E-state index in [9.17, 15) is 13.6 Å². The fourth-order valence-corrected chi connectivity index (χ4v) is 2.77. The van der Waals surface area contributed by atoms with Gasteiger partial charge in [0.25, 0.3) is 5.91 Å². The van der Waals surface area contributed by atoms with Crippen molar-refractivity contribution in [3.05, 3.63) is 70.8 Å². The van der Waals surface area contributed by atoms with E-state index in [1.54, 1.807) is 0 Å². The first-order chi connectivity index (χ1) is 12.1. The lowest BCUT2D eigenvalue weighted by molar-refractivity contribution is -0.131. The quantitative estimate of drug-likeness (QED) is 0.904. The summed E-state index contributed by atoms with van der Waals surface area (Å²) >= 11 is 0. The van der Waals surface area contributed by atoms with Crippen LogP contribution in [0.25, 0.3) is 0 Å². The van der Waals surface area contributed by atoms with Crippen LogP contribution in [0.3, 0.4) is 0 Å². The molecule has 0 saturated heterocycles. The number of amides is 1. The van der Waals surface area contributed by atoms with Crippen molar-refractivity contribution in [1.82, 2.24) is 5.32 Å². The molecular weight excluding hydrogens is 326 g/mol. The molecule has 6 heteroatoms. The minimum atomic E-state index is -0.841. The monoisotopic (exact) mass is 344 g/mol. The number of halogens is 2. The lowest BCUT2D eigenvalue weighted by atomic mass is 10.0. The highest BCUT2D eigenvalue weighted by molar-refractivity contribution is 6.04. The van der Waals surface area contributed by atoms with Crippen molar-refractivity contribution in [2.75, 3.05) is 0 Å². The Kier molecular flexibility index (Phi) is 5.07. The van der Waals surface area contributed by atoms with E-state index in [0.717, 1.165) is 35.7 Å². The van der Waals surface area contributed by atoms with E-state index in [0.29, 0.717) is 6.54 Å². The van der Waals surface area contributed by atoms with Gasteiger partial charge in [-0.2, -0.15) is 0 Å². The summed E-state index contributed by atoms with van der Waals surface area (Å²) in [5.41, 5.74) is 2.44. The Labute approximate surface area is 144 Å². The summed E-state index contributed by atoms with van der Waals surface area (Å²) in [4.78, 5) is 17.4. The van der Waals surface area contributed by atoms with Gasteiger partial charge < -0.3 is 10.2 Å². The molecule has 1 amide bonds. The van der Waals surface area contributed by atoms with Gasteiger partial charge in [-0.3, -0.25) is 4.79 Å². The lowest BCUT2D eigenvalue weighted by Crippen LogP contribution is -2.34. The molecule has 0 aliphatic carbocycles. The van der Waals surface area contributed by atoms with Gasteiger partial charge in [0.15, 0.2) is 0 Å². The Morgan fingerprint density at radius 2 is 2.00 bits per heavy atom. The first-order valence-corrected chi connectivity index (χ1v) is 8.11. The van der Waals surface area contributed by atoms with Crippen molar-refractivity contribution >= 4 is 11.6 Å². The van der Waals surface area contributed by atoms with E-state index in [4.69, 9.17) is 4.84 Å². The van der Waals surface area contributed by atoms with E-state index in [1.165, 1.54) is 0 Å². The number of nitrogens with one attached hydrogen (secondary N) is 1. The summed E-state index contributed by atoms with van der Waals surface area (Å²) in [6.07, 6.45) is 0.131. The second kappa shape index (κ2) is 7.42. The van der Waals surface area contributed by atoms with Crippen LogP contribution >= 0.6 is 0 Å². The molecule has 3 rings (SSSR count). The molecule has 0 unspecified atom stereocenters. The topological polar surface area (TPSA) is 50.7 Å². The molecular formula is C19H18F2N2O2. The zero-order valence-electron chi connectivity index (χ0n) is 13.8. The van der Waals surface area contributed by atoms with Gasteiger partial charge in [-0.05, 0) is 35.7 Å². The number of carbonyl (C=O) groups excluding carboxylic acids is 1. The molecule has 130 valence electrons. The Morgan fingerprint density at radius 1 is 1.24 bits per heavy atom. The zero-order valence-corrected chi connectivity index (χ0v) is 13.8. The number of hydrogen-bond donors (Lipinski definition) is 1. The molecule has 0 fully saturated rings. The van der Waals surface area contributed by atoms with Gasteiger partial charge in [0.1, 0.15) is 11.6 Å². The first kappa shape index (κ1) is 17.1. The van der Waals surface area contributed by atoms with Gasteiger partial charge in [0.2, 0.25) is 6.10 Å². The molecule has 2 aromatic rings. The van der Waals surface area contributed by atoms with Gasteiger partial charge in [-0.15, -0.1) is 0 Å². The molecule has 1 aliphatic heterocycles. The smallest absolute Gasteiger partial charge is 0.264 e. The third-order valence-corrected chi connectivity index (χ3v) is 4.15. The maximum atomic E-state index is 13.8. The summed E-state index contributed by atoms with van der Waals surface area (Å²) in [7, 11) is 0. The SMILES string of the molecule is CCc1ccccc1CNC(=O)[C@H]1CC(c2cc(F)ccc2F)=NO1. The Bertz CT molecular complexity index is 821. The Hall–Kier alpha value is -2.76. The van der Waals surface area contributed by atoms with Gasteiger partial charge in [0, 0.05) is 18.5 Å². The summed E-state index contributed by atoms with van der Waals surface area (Å²) in [5, 5.41) is 6.56. The highest BCUT2D eigenvalue weighted by Crippen LogP contribution is 2.20. The summed E-state index contributed by atoms with van der Waals surface area (Å²) in [6.45, 7) is 2.43. The summed E-state index contributed by atoms with van der Waals surface area (Å²) in [6, 6.07) is 11.0. The van der Waals surface area contributed by atoms with Crippen LogP contribution in [0.1, 0.15) is 30.0 Å². The number of oxime groups is 1. The molecule has 0 saturated carbocycles. The number of benzene rings is 2. The van der Waals surface area contributed by atoms with E-state index in [-0.39, 0.29) is 23.6 Å². The van der Waals surface area contributed by atoms with Crippen LogP contribution in [0.15, 0.2) is 47.6 Å². The number of hydrogen-bond acceptors (Lipinski definition) is 3. The molecule has 1 heterocycles. The van der Waals surface area contributed by atoms with Crippen LogP contribution in [-0.2, 0) is 22.6 Å². The molecule has 1 atom stereocenters. The van der Waals surface area contributed by atoms with Crippen LogP contribution in [-0.4, -0.2) is 17.7 Å². The second-order valence-electron chi connectivity index (χ2n) is 5.80. The molecule has 1 N–H and O–H groups in total. The van der Waals surface area contributed by atoms with E-state index in [1.807, 2.05) is 31.2 Å². The molecule has 0 aromatic heterocycles. The fraction of sp³-hybridized carbons (Fsp3) is 0.263. The van der Waals surface area contributed by atoms with Crippen molar-refractivity contribution in [3.8, 4) is 0 Å². The predicted molar refractivity (Wildman–Crippen MR) is 90.1 cm³/mol. The van der Waals surface area contributed by atoms with Crippen molar-refractivity contribution in [3.63, 3.8) is 0 Å². The van der Waals surface area contributed by atoms with E-state index in [2.05, 4.69) is 10.5 Å². The maximum absolute atomic E-state index is 13.8. The Morgan fingerprint density at radius 3 is 2.76 bits per heavy atom. The highest BCUT2D eigenvalue weighted by Gasteiger charge is 2.30. The number of carbonyl (C=O) groups is 1. The molecule has 2 aromatic carbocycles. The van der Waals surface area contributed by atoms with Crippen molar-refractivity contribution in [2.45, 2.75) is 32.4 Å². The number of aryl methyl sites for hydroxylation is 1.